The summed E-state index contributed by atoms with van der Waals surface area (Å²) in [4.78, 5) is 13.8. The predicted molar refractivity (Wildman–Crippen MR) is 72.0 cm³/mol. The molecule has 0 aliphatic carbocycles. The average molecular weight is 266 g/mol. The third kappa shape index (κ3) is 4.36. The summed E-state index contributed by atoms with van der Waals surface area (Å²) >= 11 is 0. The average Bonchev–Trinajstić information content (AvgIpc) is 2.83. The van der Waals surface area contributed by atoms with Gasteiger partial charge in [0, 0.05) is 33.1 Å². The van der Waals surface area contributed by atoms with Crippen molar-refractivity contribution in [3.63, 3.8) is 0 Å². The Morgan fingerprint density at radius 2 is 2.37 bits per heavy atom. The van der Waals surface area contributed by atoms with Crippen molar-refractivity contribution in [3.05, 3.63) is 23.7 Å². The molecule has 1 aliphatic heterocycles. The zero-order valence-electron chi connectivity index (χ0n) is 11.6. The van der Waals surface area contributed by atoms with Crippen LogP contribution in [0.1, 0.15) is 17.9 Å². The molecule has 0 bridgehead atoms. The fourth-order valence-electron chi connectivity index (χ4n) is 2.12. The molecule has 1 amide bonds. The molecule has 1 N–H and O–H groups in total. The van der Waals surface area contributed by atoms with E-state index in [9.17, 15) is 4.79 Å². The van der Waals surface area contributed by atoms with Crippen LogP contribution >= 0.6 is 0 Å². The number of carbonyl (C=O) groups is 1. The van der Waals surface area contributed by atoms with E-state index in [-0.39, 0.29) is 12.0 Å². The molecule has 2 heterocycles. The van der Waals surface area contributed by atoms with E-state index >= 15 is 0 Å². The molecule has 1 fully saturated rings. The van der Waals surface area contributed by atoms with Gasteiger partial charge in [0.15, 0.2) is 0 Å². The van der Waals surface area contributed by atoms with Crippen molar-refractivity contribution in [1.29, 1.82) is 0 Å². The molecule has 0 aromatic carbocycles. The Balaban J connectivity index is 1.72. The Hall–Kier alpha value is -1.33. The lowest BCUT2D eigenvalue weighted by atomic mass is 10.2. The SMILES string of the molecule is Cc1ccc(CCN(C)C(=O)CC2CNCCO2)o1. The highest BCUT2D eigenvalue weighted by Crippen LogP contribution is 2.09. The fourth-order valence-corrected chi connectivity index (χ4v) is 2.12. The molecule has 1 aliphatic rings. The number of rotatable bonds is 5. The maximum absolute atomic E-state index is 12.0. The molecule has 0 saturated carbocycles. The molecule has 1 aromatic rings. The van der Waals surface area contributed by atoms with Crippen LogP contribution in [0.3, 0.4) is 0 Å². The van der Waals surface area contributed by atoms with E-state index in [4.69, 9.17) is 9.15 Å². The van der Waals surface area contributed by atoms with E-state index in [0.29, 0.717) is 19.6 Å². The van der Waals surface area contributed by atoms with Crippen molar-refractivity contribution < 1.29 is 13.9 Å². The van der Waals surface area contributed by atoms with Crippen molar-refractivity contribution in [3.8, 4) is 0 Å². The first-order chi connectivity index (χ1) is 9.15. The van der Waals surface area contributed by atoms with E-state index < -0.39 is 0 Å². The number of nitrogens with one attached hydrogen (secondary N) is 1. The van der Waals surface area contributed by atoms with Crippen LogP contribution in [0, 0.1) is 6.92 Å². The van der Waals surface area contributed by atoms with E-state index in [1.807, 2.05) is 26.1 Å². The third-order valence-corrected chi connectivity index (χ3v) is 3.32. The van der Waals surface area contributed by atoms with E-state index in [2.05, 4.69) is 5.32 Å². The Bertz CT molecular complexity index is 411. The molecule has 106 valence electrons. The second-order valence-electron chi connectivity index (χ2n) is 4.98. The van der Waals surface area contributed by atoms with Crippen LogP contribution < -0.4 is 5.32 Å². The number of aryl methyl sites for hydroxylation is 1. The van der Waals surface area contributed by atoms with Crippen LogP contribution in [0.15, 0.2) is 16.5 Å². The Morgan fingerprint density at radius 1 is 1.53 bits per heavy atom. The highest BCUT2D eigenvalue weighted by Gasteiger charge is 2.19. The number of nitrogens with zero attached hydrogens (tertiary/aromatic N) is 1. The van der Waals surface area contributed by atoms with Crippen molar-refractivity contribution in [1.82, 2.24) is 10.2 Å². The predicted octanol–water partition coefficient (Wildman–Crippen LogP) is 0.967. The van der Waals surface area contributed by atoms with E-state index in [0.717, 1.165) is 31.0 Å². The first-order valence-corrected chi connectivity index (χ1v) is 6.77. The first-order valence-electron chi connectivity index (χ1n) is 6.77. The molecule has 5 heteroatoms. The van der Waals surface area contributed by atoms with E-state index in [1.165, 1.54) is 0 Å². The van der Waals surface area contributed by atoms with Crippen molar-refractivity contribution >= 4 is 5.91 Å². The molecule has 1 unspecified atom stereocenters. The van der Waals surface area contributed by atoms with Gasteiger partial charge in [-0.15, -0.1) is 0 Å². The van der Waals surface area contributed by atoms with Gasteiger partial charge in [0.05, 0.1) is 19.1 Å². The summed E-state index contributed by atoms with van der Waals surface area (Å²) in [5.41, 5.74) is 0. The summed E-state index contributed by atoms with van der Waals surface area (Å²) in [5, 5.41) is 3.23. The van der Waals surface area contributed by atoms with Gasteiger partial charge >= 0.3 is 0 Å². The standard InChI is InChI=1S/C14H22N2O3/c1-11-3-4-12(19-11)5-7-16(2)14(17)9-13-10-15-6-8-18-13/h3-4,13,15H,5-10H2,1-2H3. The lowest BCUT2D eigenvalue weighted by Gasteiger charge is -2.25. The normalized spacial score (nSPS) is 19.4. The maximum Gasteiger partial charge on any atom is 0.224 e. The minimum atomic E-state index is 0.00885. The molecule has 5 nitrogen and oxygen atoms in total. The van der Waals surface area contributed by atoms with Gasteiger partial charge in [0.1, 0.15) is 11.5 Å². The van der Waals surface area contributed by atoms with Gasteiger partial charge in [-0.05, 0) is 19.1 Å². The number of morpholine rings is 1. The lowest BCUT2D eigenvalue weighted by Crippen LogP contribution is -2.42. The fraction of sp³-hybridized carbons (Fsp3) is 0.643. The van der Waals surface area contributed by atoms with Crippen molar-refractivity contribution in [2.45, 2.75) is 25.9 Å². The molecule has 1 saturated heterocycles. The molecular weight excluding hydrogens is 244 g/mol. The zero-order valence-corrected chi connectivity index (χ0v) is 11.6. The summed E-state index contributed by atoms with van der Waals surface area (Å²) in [6, 6.07) is 3.90. The topological polar surface area (TPSA) is 54.7 Å². The highest BCUT2D eigenvalue weighted by molar-refractivity contribution is 5.76. The monoisotopic (exact) mass is 266 g/mol. The molecule has 1 atom stereocenters. The number of likely N-dealkylation sites (N-methyl/N-ethyl adjacent to an activating group) is 1. The maximum atomic E-state index is 12.0. The quantitative estimate of drug-likeness (QED) is 0.862. The number of hydrogen-bond acceptors (Lipinski definition) is 4. The minimum Gasteiger partial charge on any atom is -0.466 e. The molecule has 19 heavy (non-hydrogen) atoms. The molecule has 0 spiro atoms. The molecule has 1 aromatic heterocycles. The summed E-state index contributed by atoms with van der Waals surface area (Å²) in [5.74, 6) is 1.95. The van der Waals surface area contributed by atoms with Gasteiger partial charge in [-0.25, -0.2) is 0 Å². The van der Waals surface area contributed by atoms with Crippen LogP contribution in [-0.4, -0.2) is 50.2 Å². The van der Waals surface area contributed by atoms with Crippen LogP contribution in [0.4, 0.5) is 0 Å². The summed E-state index contributed by atoms with van der Waals surface area (Å²) in [7, 11) is 1.83. The lowest BCUT2D eigenvalue weighted by molar-refractivity contribution is -0.133. The van der Waals surface area contributed by atoms with Gasteiger partial charge in [-0.3, -0.25) is 4.79 Å². The Kier molecular flexibility index (Phi) is 4.99. The number of furan rings is 1. The van der Waals surface area contributed by atoms with E-state index in [1.54, 1.807) is 4.90 Å². The van der Waals surface area contributed by atoms with Gasteiger partial charge in [0.25, 0.3) is 0 Å². The van der Waals surface area contributed by atoms with Gasteiger partial charge in [-0.1, -0.05) is 0 Å². The smallest absolute Gasteiger partial charge is 0.224 e. The summed E-state index contributed by atoms with van der Waals surface area (Å²) < 4.78 is 11.0. The van der Waals surface area contributed by atoms with Gasteiger partial charge in [0.2, 0.25) is 5.91 Å². The van der Waals surface area contributed by atoms with Crippen LogP contribution in [0.2, 0.25) is 0 Å². The van der Waals surface area contributed by atoms with Crippen molar-refractivity contribution in [2.75, 3.05) is 33.3 Å². The van der Waals surface area contributed by atoms with Crippen LogP contribution in [-0.2, 0) is 16.0 Å². The molecule has 2 rings (SSSR count). The number of ether oxygens (including phenoxy) is 1. The Labute approximate surface area is 113 Å². The summed E-state index contributed by atoms with van der Waals surface area (Å²) in [6.45, 7) is 4.92. The molecule has 0 radical (unpaired) electrons. The highest BCUT2D eigenvalue weighted by atomic mass is 16.5. The number of amides is 1. The van der Waals surface area contributed by atoms with Crippen LogP contribution in [0.25, 0.3) is 0 Å². The second kappa shape index (κ2) is 6.73. The van der Waals surface area contributed by atoms with Crippen LogP contribution in [0.5, 0.6) is 0 Å². The van der Waals surface area contributed by atoms with Crippen molar-refractivity contribution in [2.24, 2.45) is 0 Å². The minimum absolute atomic E-state index is 0.00885. The Morgan fingerprint density at radius 3 is 3.00 bits per heavy atom. The largest absolute Gasteiger partial charge is 0.466 e. The first kappa shape index (κ1) is 14.1. The van der Waals surface area contributed by atoms with Gasteiger partial charge < -0.3 is 19.4 Å². The number of carbonyl (C=O) groups excluding carboxylic acids is 1. The summed E-state index contributed by atoms with van der Waals surface area (Å²) in [6.07, 6.45) is 1.20. The zero-order chi connectivity index (χ0) is 13.7. The second-order valence-corrected chi connectivity index (χ2v) is 4.98. The number of hydrogen-bond donors (Lipinski definition) is 1. The third-order valence-electron chi connectivity index (χ3n) is 3.32. The van der Waals surface area contributed by atoms with Gasteiger partial charge in [-0.2, -0.15) is 0 Å². The molecular formula is C14H22N2O3.